The van der Waals surface area contributed by atoms with E-state index in [9.17, 15) is 14.4 Å². The first-order chi connectivity index (χ1) is 14.5. The number of piperidine rings is 1. The molecule has 1 aliphatic heterocycles. The second kappa shape index (κ2) is 9.67. The Hall–Kier alpha value is -2.99. The molecule has 0 aliphatic carbocycles. The van der Waals surface area contributed by atoms with Crippen molar-refractivity contribution in [3.63, 3.8) is 0 Å². The van der Waals surface area contributed by atoms with E-state index in [1.165, 1.54) is 0 Å². The molecule has 1 fully saturated rings. The highest BCUT2D eigenvalue weighted by Crippen LogP contribution is 2.36. The molecule has 0 bridgehead atoms. The van der Waals surface area contributed by atoms with E-state index in [1.54, 1.807) is 38.3 Å². The lowest BCUT2D eigenvalue weighted by Crippen LogP contribution is -2.53. The smallest absolute Gasteiger partial charge is 0.320 e. The van der Waals surface area contributed by atoms with Crippen molar-refractivity contribution in [2.75, 3.05) is 26.8 Å². The van der Waals surface area contributed by atoms with Gasteiger partial charge in [0.2, 0.25) is 0 Å². The Morgan fingerprint density at radius 1 is 1.07 bits per heavy atom. The zero-order chi connectivity index (χ0) is 21.6. The van der Waals surface area contributed by atoms with Crippen LogP contribution in [0.2, 0.25) is 0 Å². The lowest BCUT2D eigenvalue weighted by atomic mass is 9.72. The number of ketones is 2. The Morgan fingerprint density at radius 3 is 2.37 bits per heavy atom. The standard InChI is InChI=1S/C24H27NO5/c1-3-30-23(28)24(15-21(26)19-9-11-20(29-2)12-10-19)13-14-25(17-22(24)27)16-18-7-5-4-6-8-18/h4-12H,3,13-17H2,1-2H3. The molecule has 0 spiro atoms. The summed E-state index contributed by atoms with van der Waals surface area (Å²) in [7, 11) is 1.55. The molecule has 1 atom stereocenters. The third kappa shape index (κ3) is 4.76. The predicted molar refractivity (Wildman–Crippen MR) is 112 cm³/mol. The third-order valence-electron chi connectivity index (χ3n) is 5.55. The Balaban J connectivity index is 1.77. The third-order valence-corrected chi connectivity index (χ3v) is 5.55. The van der Waals surface area contributed by atoms with Crippen LogP contribution in [0.25, 0.3) is 0 Å². The van der Waals surface area contributed by atoms with E-state index in [-0.39, 0.29) is 37.6 Å². The molecule has 2 aromatic carbocycles. The second-order valence-electron chi connectivity index (χ2n) is 7.50. The Labute approximate surface area is 176 Å². The Bertz CT molecular complexity index is 894. The van der Waals surface area contributed by atoms with Crippen molar-refractivity contribution >= 4 is 17.5 Å². The summed E-state index contributed by atoms with van der Waals surface area (Å²) in [6.45, 7) is 3.14. The highest BCUT2D eigenvalue weighted by atomic mass is 16.5. The van der Waals surface area contributed by atoms with Crippen LogP contribution in [0.3, 0.4) is 0 Å². The first kappa shape index (κ1) is 21.7. The highest BCUT2D eigenvalue weighted by molar-refractivity contribution is 6.10. The summed E-state index contributed by atoms with van der Waals surface area (Å²) in [6.07, 6.45) is 0.0789. The zero-order valence-electron chi connectivity index (χ0n) is 17.4. The molecule has 0 amide bonds. The van der Waals surface area contributed by atoms with Gasteiger partial charge in [-0.25, -0.2) is 0 Å². The minimum atomic E-state index is -1.43. The fourth-order valence-corrected chi connectivity index (χ4v) is 3.80. The molecule has 2 aromatic rings. The summed E-state index contributed by atoms with van der Waals surface area (Å²) in [5.41, 5.74) is 0.113. The highest BCUT2D eigenvalue weighted by Gasteiger charge is 2.51. The van der Waals surface area contributed by atoms with Crippen molar-refractivity contribution in [2.45, 2.75) is 26.3 Å². The van der Waals surface area contributed by atoms with Gasteiger partial charge in [0.25, 0.3) is 0 Å². The van der Waals surface area contributed by atoms with Gasteiger partial charge in [0.15, 0.2) is 11.6 Å². The molecule has 30 heavy (non-hydrogen) atoms. The maximum absolute atomic E-state index is 13.2. The number of ether oxygens (including phenoxy) is 2. The fraction of sp³-hybridized carbons (Fsp3) is 0.375. The van der Waals surface area contributed by atoms with Gasteiger partial charge < -0.3 is 9.47 Å². The summed E-state index contributed by atoms with van der Waals surface area (Å²) in [5, 5.41) is 0. The number of carbonyl (C=O) groups excluding carboxylic acids is 3. The van der Waals surface area contributed by atoms with Crippen LogP contribution in [0, 0.1) is 5.41 Å². The van der Waals surface area contributed by atoms with Crippen LogP contribution in [-0.2, 0) is 20.9 Å². The van der Waals surface area contributed by atoms with Crippen molar-refractivity contribution < 1.29 is 23.9 Å². The van der Waals surface area contributed by atoms with E-state index >= 15 is 0 Å². The maximum atomic E-state index is 13.2. The van der Waals surface area contributed by atoms with Gasteiger partial charge in [-0.3, -0.25) is 19.3 Å². The number of rotatable bonds is 8. The average Bonchev–Trinajstić information content (AvgIpc) is 2.76. The molecular formula is C24H27NO5. The number of nitrogens with zero attached hydrogens (tertiary/aromatic N) is 1. The molecule has 0 N–H and O–H groups in total. The zero-order valence-corrected chi connectivity index (χ0v) is 17.4. The van der Waals surface area contributed by atoms with Gasteiger partial charge in [0.05, 0.1) is 20.3 Å². The number of hydrogen-bond acceptors (Lipinski definition) is 6. The van der Waals surface area contributed by atoms with E-state index in [2.05, 4.69) is 0 Å². The molecular weight excluding hydrogens is 382 g/mol. The molecule has 1 saturated heterocycles. The molecule has 6 nitrogen and oxygen atoms in total. The number of methoxy groups -OCH3 is 1. The van der Waals surface area contributed by atoms with Crippen LogP contribution in [0.5, 0.6) is 5.75 Å². The van der Waals surface area contributed by atoms with Crippen molar-refractivity contribution in [1.82, 2.24) is 4.90 Å². The molecule has 6 heteroatoms. The number of likely N-dealkylation sites (tertiary alicyclic amines) is 1. The quantitative estimate of drug-likeness (QED) is 0.378. The second-order valence-corrected chi connectivity index (χ2v) is 7.50. The first-order valence-corrected chi connectivity index (χ1v) is 10.1. The van der Waals surface area contributed by atoms with Gasteiger partial charge in [0.1, 0.15) is 11.2 Å². The molecule has 0 saturated carbocycles. The average molecular weight is 409 g/mol. The molecule has 3 rings (SSSR count). The van der Waals surface area contributed by atoms with Crippen LogP contribution in [0.15, 0.2) is 54.6 Å². The van der Waals surface area contributed by atoms with Crippen LogP contribution >= 0.6 is 0 Å². The van der Waals surface area contributed by atoms with Crippen molar-refractivity contribution in [3.05, 3.63) is 65.7 Å². The molecule has 1 heterocycles. The van der Waals surface area contributed by atoms with E-state index < -0.39 is 11.4 Å². The summed E-state index contributed by atoms with van der Waals surface area (Å²) in [5.74, 6) is -0.478. The van der Waals surface area contributed by atoms with E-state index in [4.69, 9.17) is 9.47 Å². The SMILES string of the molecule is CCOC(=O)C1(CC(=O)c2ccc(OC)cc2)CCN(Cc2ccccc2)CC1=O. The lowest BCUT2D eigenvalue weighted by Gasteiger charge is -2.38. The van der Waals surface area contributed by atoms with Gasteiger partial charge in [-0.05, 0) is 43.2 Å². The topological polar surface area (TPSA) is 72.9 Å². The number of carbonyl (C=O) groups is 3. The number of benzene rings is 2. The van der Waals surface area contributed by atoms with E-state index in [0.29, 0.717) is 24.4 Å². The minimum absolute atomic E-state index is 0.115. The summed E-state index contributed by atoms with van der Waals surface area (Å²) >= 11 is 0. The monoisotopic (exact) mass is 409 g/mol. The largest absolute Gasteiger partial charge is 0.497 e. The van der Waals surface area contributed by atoms with Crippen molar-refractivity contribution in [2.24, 2.45) is 5.41 Å². The number of hydrogen-bond donors (Lipinski definition) is 0. The van der Waals surface area contributed by atoms with Crippen LogP contribution in [0.4, 0.5) is 0 Å². The van der Waals surface area contributed by atoms with Gasteiger partial charge in [-0.15, -0.1) is 0 Å². The number of Topliss-reactive ketones (excluding diaryl/α,β-unsaturated/α-hetero) is 2. The molecule has 1 unspecified atom stereocenters. The Kier molecular flexibility index (Phi) is 7.00. The maximum Gasteiger partial charge on any atom is 0.320 e. The summed E-state index contributed by atoms with van der Waals surface area (Å²) in [4.78, 5) is 41.0. The first-order valence-electron chi connectivity index (χ1n) is 10.1. The van der Waals surface area contributed by atoms with Crippen LogP contribution < -0.4 is 4.74 Å². The van der Waals surface area contributed by atoms with Gasteiger partial charge >= 0.3 is 5.97 Å². The molecule has 0 radical (unpaired) electrons. The molecule has 158 valence electrons. The van der Waals surface area contributed by atoms with Gasteiger partial charge in [-0.2, -0.15) is 0 Å². The summed E-state index contributed by atoms with van der Waals surface area (Å²) < 4.78 is 10.4. The summed E-state index contributed by atoms with van der Waals surface area (Å²) in [6, 6.07) is 16.5. The van der Waals surface area contributed by atoms with E-state index in [0.717, 1.165) is 5.56 Å². The van der Waals surface area contributed by atoms with Crippen molar-refractivity contribution in [3.8, 4) is 5.75 Å². The van der Waals surface area contributed by atoms with Crippen LogP contribution in [0.1, 0.15) is 35.7 Å². The van der Waals surface area contributed by atoms with E-state index in [1.807, 2.05) is 35.2 Å². The van der Waals surface area contributed by atoms with Gasteiger partial charge in [-0.1, -0.05) is 30.3 Å². The predicted octanol–water partition coefficient (Wildman–Crippen LogP) is 3.29. The lowest BCUT2D eigenvalue weighted by molar-refractivity contribution is -0.163. The number of esters is 1. The van der Waals surface area contributed by atoms with Crippen molar-refractivity contribution in [1.29, 1.82) is 0 Å². The van der Waals surface area contributed by atoms with Crippen LogP contribution in [-0.4, -0.2) is 49.2 Å². The minimum Gasteiger partial charge on any atom is -0.497 e. The molecule has 0 aromatic heterocycles. The van der Waals surface area contributed by atoms with Gasteiger partial charge in [0, 0.05) is 25.1 Å². The normalized spacial score (nSPS) is 19.3. The Morgan fingerprint density at radius 2 is 1.77 bits per heavy atom. The molecule has 1 aliphatic rings. The fourth-order valence-electron chi connectivity index (χ4n) is 3.80.